The third kappa shape index (κ3) is 16.1. The number of methoxy groups -OCH3 is 1. The summed E-state index contributed by atoms with van der Waals surface area (Å²) in [6, 6.07) is 12.6. The Balaban J connectivity index is 0.00000612. The van der Waals surface area contributed by atoms with Crippen molar-refractivity contribution in [3.8, 4) is 5.75 Å². The van der Waals surface area contributed by atoms with E-state index in [1.807, 2.05) is 12.1 Å². The molecule has 1 heterocycles. The zero-order valence-electron chi connectivity index (χ0n) is 22.5. The van der Waals surface area contributed by atoms with Gasteiger partial charge >= 0.3 is 0 Å². The van der Waals surface area contributed by atoms with Crippen molar-refractivity contribution in [2.75, 3.05) is 7.11 Å². The van der Waals surface area contributed by atoms with Gasteiger partial charge in [0.1, 0.15) is 12.3 Å². The molecule has 3 heteroatoms. The molecular formula is C32H50INO. The van der Waals surface area contributed by atoms with E-state index in [4.69, 9.17) is 4.74 Å². The lowest BCUT2D eigenvalue weighted by Gasteiger charge is -2.03. The number of unbranched alkanes of at least 4 members (excludes halogenated alkanes) is 15. The quantitative estimate of drug-likeness (QED) is 0.0985. The highest BCUT2D eigenvalue weighted by atomic mass is 127. The summed E-state index contributed by atoms with van der Waals surface area (Å²) in [7, 11) is 1.70. The van der Waals surface area contributed by atoms with Crippen LogP contribution in [0, 0.1) is 0 Å². The molecule has 0 fully saturated rings. The van der Waals surface area contributed by atoms with Gasteiger partial charge in [0.2, 0.25) is 0 Å². The van der Waals surface area contributed by atoms with Gasteiger partial charge in [0.05, 0.1) is 7.11 Å². The third-order valence-electron chi connectivity index (χ3n) is 6.77. The number of nitrogens with zero attached hydrogens (tertiary/aromatic N) is 1. The summed E-state index contributed by atoms with van der Waals surface area (Å²) >= 11 is 0. The molecule has 0 bridgehead atoms. The number of halogens is 1. The molecule has 2 nitrogen and oxygen atoms in total. The monoisotopic (exact) mass is 591 g/mol. The molecular weight excluding hydrogens is 541 g/mol. The predicted molar refractivity (Wildman–Crippen MR) is 148 cm³/mol. The van der Waals surface area contributed by atoms with Crippen LogP contribution >= 0.6 is 0 Å². The standard InChI is InChI=1S/C32H50NO.HI/c1-3-4-5-6-7-8-9-10-11-12-13-14-15-16-17-18-27-33-28-25-31(26-29-33)20-19-30-21-23-32(34-2)24-22-30;/h19-26,28-29H,3-18,27H2,1-2H3;1H/q+1;/p-1. The Morgan fingerprint density at radius 1 is 0.571 bits per heavy atom. The van der Waals surface area contributed by atoms with Crippen LogP contribution in [0.1, 0.15) is 121 Å². The van der Waals surface area contributed by atoms with Crippen molar-refractivity contribution in [2.24, 2.45) is 0 Å². The van der Waals surface area contributed by atoms with Crippen molar-refractivity contribution in [1.82, 2.24) is 0 Å². The number of pyridine rings is 1. The van der Waals surface area contributed by atoms with E-state index in [1.165, 1.54) is 114 Å². The van der Waals surface area contributed by atoms with Crippen LogP contribution in [0.4, 0.5) is 0 Å². The minimum atomic E-state index is 0. The minimum absolute atomic E-state index is 0. The van der Waals surface area contributed by atoms with E-state index in [1.54, 1.807) is 7.11 Å². The molecule has 0 spiro atoms. The molecule has 0 aliphatic heterocycles. The van der Waals surface area contributed by atoms with E-state index in [2.05, 4.69) is 60.3 Å². The first kappa shape index (κ1) is 31.7. The summed E-state index contributed by atoms with van der Waals surface area (Å²) in [5.74, 6) is 0.895. The largest absolute Gasteiger partial charge is 1.00 e. The first-order valence-corrected chi connectivity index (χ1v) is 14.1. The van der Waals surface area contributed by atoms with E-state index in [9.17, 15) is 0 Å². The number of ether oxygens (including phenoxy) is 1. The van der Waals surface area contributed by atoms with Gasteiger partial charge < -0.3 is 28.7 Å². The molecule has 2 aromatic rings. The minimum Gasteiger partial charge on any atom is -1.00 e. The molecule has 0 saturated carbocycles. The number of hydrogen-bond acceptors (Lipinski definition) is 1. The lowest BCUT2D eigenvalue weighted by atomic mass is 10.0. The first-order chi connectivity index (χ1) is 16.8. The van der Waals surface area contributed by atoms with Gasteiger partial charge in [-0.25, -0.2) is 4.57 Å². The number of aromatic nitrogens is 1. The summed E-state index contributed by atoms with van der Waals surface area (Å²) in [5, 5.41) is 0. The fourth-order valence-electron chi connectivity index (χ4n) is 4.48. The highest BCUT2D eigenvalue weighted by Gasteiger charge is 2.00. The van der Waals surface area contributed by atoms with Gasteiger partial charge in [-0.3, -0.25) is 0 Å². The Morgan fingerprint density at radius 2 is 0.971 bits per heavy atom. The highest BCUT2D eigenvalue weighted by Crippen LogP contribution is 2.15. The fourth-order valence-corrected chi connectivity index (χ4v) is 4.48. The zero-order chi connectivity index (χ0) is 24.1. The summed E-state index contributed by atoms with van der Waals surface area (Å²) in [6.45, 7) is 3.42. The molecule has 35 heavy (non-hydrogen) atoms. The Kier molecular flexibility index (Phi) is 19.8. The summed E-state index contributed by atoms with van der Waals surface area (Å²) in [4.78, 5) is 0. The van der Waals surface area contributed by atoms with E-state index >= 15 is 0 Å². The van der Waals surface area contributed by atoms with Gasteiger partial charge in [-0.15, -0.1) is 0 Å². The Labute approximate surface area is 233 Å². The van der Waals surface area contributed by atoms with E-state index in [-0.39, 0.29) is 24.0 Å². The van der Waals surface area contributed by atoms with Crippen LogP contribution in [0.2, 0.25) is 0 Å². The van der Waals surface area contributed by atoms with Crippen molar-refractivity contribution < 1.29 is 33.3 Å². The van der Waals surface area contributed by atoms with Crippen LogP contribution in [0.3, 0.4) is 0 Å². The van der Waals surface area contributed by atoms with Crippen LogP contribution in [0.25, 0.3) is 12.2 Å². The summed E-state index contributed by atoms with van der Waals surface area (Å²) in [6.07, 6.45) is 31.5. The van der Waals surface area contributed by atoms with Crippen LogP contribution in [0.5, 0.6) is 5.75 Å². The molecule has 0 saturated heterocycles. The highest BCUT2D eigenvalue weighted by molar-refractivity contribution is 5.69. The first-order valence-electron chi connectivity index (χ1n) is 14.1. The maximum atomic E-state index is 5.21. The second kappa shape index (κ2) is 21.9. The second-order valence-electron chi connectivity index (χ2n) is 9.78. The number of aryl methyl sites for hydroxylation is 1. The Bertz CT molecular complexity index is 754. The van der Waals surface area contributed by atoms with Crippen LogP contribution in [-0.2, 0) is 6.54 Å². The smallest absolute Gasteiger partial charge is 0.169 e. The number of hydrogen-bond donors (Lipinski definition) is 0. The van der Waals surface area contributed by atoms with Gasteiger partial charge in [-0.05, 0) is 29.7 Å². The molecule has 0 aliphatic carbocycles. The molecule has 0 radical (unpaired) electrons. The Hall–Kier alpha value is -1.36. The Morgan fingerprint density at radius 3 is 1.40 bits per heavy atom. The SMILES string of the molecule is CCCCCCCCCCCCCCCCCC[n+]1ccc(C=Cc2ccc(OC)cc2)cc1.[I-]. The molecule has 0 aliphatic rings. The van der Waals surface area contributed by atoms with Crippen molar-refractivity contribution in [1.29, 1.82) is 0 Å². The zero-order valence-corrected chi connectivity index (χ0v) is 24.7. The molecule has 1 aromatic heterocycles. The number of benzene rings is 1. The van der Waals surface area contributed by atoms with E-state index < -0.39 is 0 Å². The van der Waals surface area contributed by atoms with Crippen LogP contribution in [-0.4, -0.2) is 7.11 Å². The second-order valence-corrected chi connectivity index (χ2v) is 9.78. The lowest BCUT2D eigenvalue weighted by molar-refractivity contribution is -0.697. The normalized spacial score (nSPS) is 11.0. The van der Waals surface area contributed by atoms with Gasteiger partial charge in [0, 0.05) is 18.6 Å². The average molecular weight is 592 g/mol. The molecule has 196 valence electrons. The van der Waals surface area contributed by atoms with E-state index in [0.717, 1.165) is 12.3 Å². The lowest BCUT2D eigenvalue weighted by Crippen LogP contribution is -3.00. The van der Waals surface area contributed by atoms with Gasteiger partial charge in [-0.1, -0.05) is 121 Å². The maximum absolute atomic E-state index is 5.21. The van der Waals surface area contributed by atoms with E-state index in [0.29, 0.717) is 0 Å². The van der Waals surface area contributed by atoms with Crippen molar-refractivity contribution >= 4 is 12.2 Å². The van der Waals surface area contributed by atoms with Gasteiger partial charge in [0.15, 0.2) is 12.4 Å². The summed E-state index contributed by atoms with van der Waals surface area (Å²) in [5.41, 5.74) is 2.42. The average Bonchev–Trinajstić information content (AvgIpc) is 2.88. The van der Waals surface area contributed by atoms with Crippen molar-refractivity contribution in [3.63, 3.8) is 0 Å². The molecule has 0 amide bonds. The van der Waals surface area contributed by atoms with Crippen LogP contribution in [0.15, 0.2) is 48.8 Å². The molecule has 0 atom stereocenters. The fraction of sp³-hybridized carbons (Fsp3) is 0.594. The van der Waals surface area contributed by atoms with Gasteiger partial charge in [-0.2, -0.15) is 0 Å². The van der Waals surface area contributed by atoms with Crippen molar-refractivity contribution in [3.05, 3.63) is 59.9 Å². The molecule has 2 rings (SSSR count). The molecule has 0 unspecified atom stereocenters. The molecule has 1 aromatic carbocycles. The predicted octanol–water partition coefficient (Wildman–Crippen LogP) is 6.42. The molecule has 0 N–H and O–H groups in total. The maximum Gasteiger partial charge on any atom is 0.169 e. The topological polar surface area (TPSA) is 13.1 Å². The number of rotatable bonds is 20. The van der Waals surface area contributed by atoms with Gasteiger partial charge in [0.25, 0.3) is 0 Å². The third-order valence-corrected chi connectivity index (χ3v) is 6.77. The summed E-state index contributed by atoms with van der Waals surface area (Å²) < 4.78 is 7.53. The van der Waals surface area contributed by atoms with Crippen molar-refractivity contribution in [2.45, 2.75) is 116 Å². The van der Waals surface area contributed by atoms with Crippen LogP contribution < -0.4 is 33.3 Å².